The zero-order valence-corrected chi connectivity index (χ0v) is 18.5. The van der Waals surface area contributed by atoms with E-state index in [1.807, 2.05) is 4.90 Å². The van der Waals surface area contributed by atoms with Crippen molar-refractivity contribution in [3.05, 3.63) is 0 Å². The zero-order chi connectivity index (χ0) is 19.5. The van der Waals surface area contributed by atoms with Crippen LogP contribution in [0.1, 0.15) is 51.4 Å². The van der Waals surface area contributed by atoms with E-state index in [9.17, 15) is 18.0 Å². The first kappa shape index (κ1) is 23.4. The standard InChI is InChI=1S/C19H33N3O4S.ClH/c1-27(25,26)19(7-9-20-10-8-19)18(24)22-13-11-21(12-14-22)17(23)15-16-5-3-2-4-6-16;/h16,20H,2-15H2,1H3;1H. The molecule has 28 heavy (non-hydrogen) atoms. The minimum absolute atomic E-state index is 0. The lowest BCUT2D eigenvalue weighted by Crippen LogP contribution is -2.61. The molecule has 0 aromatic rings. The van der Waals surface area contributed by atoms with Gasteiger partial charge in [0.15, 0.2) is 14.6 Å². The fraction of sp³-hybridized carbons (Fsp3) is 0.895. The van der Waals surface area contributed by atoms with Crippen molar-refractivity contribution in [2.45, 2.75) is 56.1 Å². The Labute approximate surface area is 174 Å². The molecule has 0 aromatic heterocycles. The number of rotatable bonds is 4. The fourth-order valence-corrected chi connectivity index (χ4v) is 6.18. The highest BCUT2D eigenvalue weighted by molar-refractivity contribution is 7.92. The summed E-state index contributed by atoms with van der Waals surface area (Å²) >= 11 is 0. The average Bonchev–Trinajstić information content (AvgIpc) is 2.68. The Morgan fingerprint density at radius 2 is 1.50 bits per heavy atom. The zero-order valence-electron chi connectivity index (χ0n) is 16.8. The molecular formula is C19H34ClN3O4S. The van der Waals surface area contributed by atoms with Crippen LogP contribution in [0.25, 0.3) is 0 Å². The minimum atomic E-state index is -3.50. The van der Waals surface area contributed by atoms with Crippen molar-refractivity contribution < 1.29 is 18.0 Å². The van der Waals surface area contributed by atoms with Gasteiger partial charge in [-0.2, -0.15) is 0 Å². The maximum atomic E-state index is 13.1. The van der Waals surface area contributed by atoms with Gasteiger partial charge >= 0.3 is 0 Å². The Hall–Kier alpha value is -0.860. The highest BCUT2D eigenvalue weighted by Crippen LogP contribution is 2.31. The molecule has 0 atom stereocenters. The Bertz CT molecular complexity index is 650. The van der Waals surface area contributed by atoms with Crippen LogP contribution in [0.5, 0.6) is 0 Å². The van der Waals surface area contributed by atoms with Gasteiger partial charge in [0.2, 0.25) is 11.8 Å². The molecule has 0 aromatic carbocycles. The van der Waals surface area contributed by atoms with Gasteiger partial charge in [-0.25, -0.2) is 8.42 Å². The molecule has 2 heterocycles. The van der Waals surface area contributed by atoms with Crippen molar-refractivity contribution >= 4 is 34.1 Å². The first-order valence-corrected chi connectivity index (χ1v) is 12.2. The molecular weight excluding hydrogens is 402 g/mol. The van der Waals surface area contributed by atoms with Crippen LogP contribution in [0, 0.1) is 5.92 Å². The average molecular weight is 436 g/mol. The molecule has 162 valence electrons. The minimum Gasteiger partial charge on any atom is -0.339 e. The Kier molecular flexibility index (Phi) is 8.16. The molecule has 2 saturated heterocycles. The van der Waals surface area contributed by atoms with E-state index in [0.717, 1.165) is 12.8 Å². The van der Waals surface area contributed by atoms with Crippen LogP contribution in [0.2, 0.25) is 0 Å². The molecule has 2 amide bonds. The summed E-state index contributed by atoms with van der Waals surface area (Å²) in [5.74, 6) is 0.425. The van der Waals surface area contributed by atoms with Crippen molar-refractivity contribution in [3.8, 4) is 0 Å². The SMILES string of the molecule is CS(=O)(=O)C1(C(=O)N2CCN(C(=O)CC3CCCCC3)CC2)CCNCC1.Cl. The lowest BCUT2D eigenvalue weighted by Gasteiger charge is -2.42. The van der Waals surface area contributed by atoms with Crippen molar-refractivity contribution in [3.63, 3.8) is 0 Å². The van der Waals surface area contributed by atoms with E-state index in [1.165, 1.54) is 25.5 Å². The summed E-state index contributed by atoms with van der Waals surface area (Å²) in [5.41, 5.74) is 0. The van der Waals surface area contributed by atoms with Gasteiger partial charge < -0.3 is 15.1 Å². The van der Waals surface area contributed by atoms with E-state index >= 15 is 0 Å². The first-order chi connectivity index (χ1) is 12.8. The second-order valence-corrected chi connectivity index (χ2v) is 10.7. The number of piperazine rings is 1. The maximum Gasteiger partial charge on any atom is 0.244 e. The van der Waals surface area contributed by atoms with Crippen LogP contribution in [-0.4, -0.2) is 80.3 Å². The molecule has 3 aliphatic rings. The lowest BCUT2D eigenvalue weighted by atomic mass is 9.86. The summed E-state index contributed by atoms with van der Waals surface area (Å²) in [6, 6.07) is 0. The number of amides is 2. The van der Waals surface area contributed by atoms with Crippen molar-refractivity contribution in [2.75, 3.05) is 45.5 Å². The van der Waals surface area contributed by atoms with Crippen LogP contribution in [-0.2, 0) is 19.4 Å². The molecule has 2 aliphatic heterocycles. The third-order valence-corrected chi connectivity index (χ3v) is 8.62. The largest absolute Gasteiger partial charge is 0.339 e. The highest BCUT2D eigenvalue weighted by Gasteiger charge is 2.50. The van der Waals surface area contributed by atoms with Gasteiger partial charge in [0.1, 0.15) is 0 Å². The number of sulfone groups is 1. The summed E-state index contributed by atoms with van der Waals surface area (Å²) in [7, 11) is -3.50. The first-order valence-electron chi connectivity index (χ1n) is 10.3. The number of nitrogens with one attached hydrogen (secondary N) is 1. The lowest BCUT2D eigenvalue weighted by molar-refractivity contribution is -0.142. The maximum absolute atomic E-state index is 13.1. The van der Waals surface area contributed by atoms with Gasteiger partial charge in [0.25, 0.3) is 0 Å². The monoisotopic (exact) mass is 435 g/mol. The molecule has 9 heteroatoms. The molecule has 1 saturated carbocycles. The summed E-state index contributed by atoms with van der Waals surface area (Å²) < 4.78 is 23.6. The van der Waals surface area contributed by atoms with E-state index in [-0.39, 0.29) is 24.2 Å². The molecule has 0 bridgehead atoms. The van der Waals surface area contributed by atoms with Gasteiger partial charge in [0, 0.05) is 38.9 Å². The summed E-state index contributed by atoms with van der Waals surface area (Å²) in [6.07, 6.45) is 8.47. The number of hydrogen-bond donors (Lipinski definition) is 1. The molecule has 0 radical (unpaired) electrons. The van der Waals surface area contributed by atoms with Crippen LogP contribution in [0.15, 0.2) is 0 Å². The van der Waals surface area contributed by atoms with E-state index in [2.05, 4.69) is 5.32 Å². The van der Waals surface area contributed by atoms with E-state index in [0.29, 0.717) is 64.4 Å². The normalized spacial score (nSPS) is 23.8. The van der Waals surface area contributed by atoms with Gasteiger partial charge in [-0.3, -0.25) is 9.59 Å². The van der Waals surface area contributed by atoms with E-state index in [1.54, 1.807) is 4.90 Å². The van der Waals surface area contributed by atoms with E-state index < -0.39 is 14.6 Å². The predicted molar refractivity (Wildman–Crippen MR) is 111 cm³/mol. The molecule has 0 unspecified atom stereocenters. The Morgan fingerprint density at radius 1 is 0.964 bits per heavy atom. The number of nitrogens with zero attached hydrogens (tertiary/aromatic N) is 2. The number of halogens is 1. The van der Waals surface area contributed by atoms with Crippen LogP contribution in [0.3, 0.4) is 0 Å². The van der Waals surface area contributed by atoms with Gasteiger partial charge in [-0.1, -0.05) is 19.3 Å². The fourth-order valence-electron chi connectivity index (χ4n) is 4.79. The molecule has 3 rings (SSSR count). The smallest absolute Gasteiger partial charge is 0.244 e. The Balaban J connectivity index is 0.00000280. The van der Waals surface area contributed by atoms with Crippen molar-refractivity contribution in [2.24, 2.45) is 5.92 Å². The number of carbonyl (C=O) groups is 2. The third kappa shape index (κ3) is 5.00. The van der Waals surface area contributed by atoms with Crippen molar-refractivity contribution in [1.29, 1.82) is 0 Å². The third-order valence-electron chi connectivity index (χ3n) is 6.62. The van der Waals surface area contributed by atoms with Crippen LogP contribution >= 0.6 is 12.4 Å². The number of piperidine rings is 1. The second kappa shape index (κ2) is 9.76. The van der Waals surface area contributed by atoms with Gasteiger partial charge in [-0.05, 0) is 44.7 Å². The summed E-state index contributed by atoms with van der Waals surface area (Å²) in [4.78, 5) is 29.2. The molecule has 1 aliphatic carbocycles. The number of carbonyl (C=O) groups excluding carboxylic acids is 2. The molecule has 0 spiro atoms. The summed E-state index contributed by atoms with van der Waals surface area (Å²) in [5, 5.41) is 3.14. The second-order valence-electron chi connectivity index (χ2n) is 8.40. The highest BCUT2D eigenvalue weighted by atomic mass is 35.5. The topological polar surface area (TPSA) is 86.8 Å². The molecule has 1 N–H and O–H groups in total. The van der Waals surface area contributed by atoms with E-state index in [4.69, 9.17) is 0 Å². The summed E-state index contributed by atoms with van der Waals surface area (Å²) in [6.45, 7) is 2.96. The Morgan fingerprint density at radius 3 is 2.04 bits per heavy atom. The quantitative estimate of drug-likeness (QED) is 0.717. The van der Waals surface area contributed by atoms with Gasteiger partial charge in [-0.15, -0.1) is 12.4 Å². The molecule has 3 fully saturated rings. The van der Waals surface area contributed by atoms with Crippen LogP contribution < -0.4 is 5.32 Å². The number of hydrogen-bond acceptors (Lipinski definition) is 5. The molecule has 7 nitrogen and oxygen atoms in total. The van der Waals surface area contributed by atoms with Crippen LogP contribution in [0.4, 0.5) is 0 Å². The predicted octanol–water partition coefficient (Wildman–Crippen LogP) is 1.22. The van der Waals surface area contributed by atoms with Gasteiger partial charge in [0.05, 0.1) is 0 Å². The van der Waals surface area contributed by atoms with Crippen molar-refractivity contribution in [1.82, 2.24) is 15.1 Å².